The lowest BCUT2D eigenvalue weighted by atomic mass is 10.2. The van der Waals surface area contributed by atoms with Crippen LogP contribution in [0.15, 0.2) is 35.2 Å². The second-order valence-corrected chi connectivity index (χ2v) is 8.67. The van der Waals surface area contributed by atoms with Gasteiger partial charge in [-0.05, 0) is 37.8 Å². The van der Waals surface area contributed by atoms with Gasteiger partial charge in [0.25, 0.3) is 0 Å². The monoisotopic (exact) mass is 395 g/mol. The molecule has 2 fully saturated rings. The number of nitrogens with zero attached hydrogens (tertiary/aromatic N) is 1. The van der Waals surface area contributed by atoms with Gasteiger partial charge in [-0.2, -0.15) is 4.31 Å². The van der Waals surface area contributed by atoms with Crippen LogP contribution in [0.1, 0.15) is 25.7 Å². The fourth-order valence-electron chi connectivity index (χ4n) is 3.44. The minimum atomic E-state index is -3.61. The van der Waals surface area contributed by atoms with E-state index in [-0.39, 0.29) is 23.6 Å². The molecule has 148 valence electrons. The Labute approximate surface area is 159 Å². The van der Waals surface area contributed by atoms with Crippen LogP contribution in [0.3, 0.4) is 0 Å². The molecule has 0 radical (unpaired) electrons. The van der Waals surface area contributed by atoms with Gasteiger partial charge < -0.3 is 15.4 Å². The Morgan fingerprint density at radius 3 is 2.41 bits per heavy atom. The molecule has 2 amide bonds. The van der Waals surface area contributed by atoms with E-state index in [2.05, 4.69) is 10.6 Å². The Morgan fingerprint density at radius 2 is 1.74 bits per heavy atom. The topological polar surface area (TPSA) is 105 Å². The third-order valence-electron chi connectivity index (χ3n) is 4.89. The van der Waals surface area contributed by atoms with Crippen LogP contribution in [-0.4, -0.2) is 62.9 Å². The maximum atomic E-state index is 12.8. The molecule has 1 aromatic rings. The molecule has 0 unspecified atom stereocenters. The van der Waals surface area contributed by atoms with Crippen LogP contribution in [0.25, 0.3) is 0 Å². The molecule has 2 aliphatic rings. The third kappa shape index (κ3) is 4.85. The van der Waals surface area contributed by atoms with E-state index < -0.39 is 21.8 Å². The highest BCUT2D eigenvalue weighted by Gasteiger charge is 2.35. The fourth-order valence-corrected chi connectivity index (χ4v) is 5.15. The lowest BCUT2D eigenvalue weighted by Crippen LogP contribution is -2.47. The van der Waals surface area contributed by atoms with Crippen LogP contribution < -0.4 is 10.6 Å². The molecule has 9 heteroatoms. The Kier molecular flexibility index (Phi) is 6.46. The maximum absolute atomic E-state index is 12.8. The number of rotatable bonds is 6. The van der Waals surface area contributed by atoms with E-state index in [0.29, 0.717) is 26.1 Å². The molecule has 0 bridgehead atoms. The molecule has 0 saturated carbocycles. The number of nitrogens with one attached hydrogen (secondary N) is 2. The number of benzene rings is 1. The molecule has 0 aromatic heterocycles. The van der Waals surface area contributed by atoms with Crippen LogP contribution in [0.4, 0.5) is 0 Å². The number of sulfonamides is 1. The SMILES string of the molecule is O=C(NC[C@@H]1CCCO1)C(=O)NC[C@H]1CCCN1S(=O)(=O)c1ccccc1. The lowest BCUT2D eigenvalue weighted by molar-refractivity contribution is -0.139. The van der Waals surface area contributed by atoms with Crippen molar-refractivity contribution in [1.29, 1.82) is 0 Å². The standard InChI is InChI=1S/C18H25N3O5S/c22-17(18(23)20-13-15-7-5-11-26-15)19-12-14-6-4-10-21(14)27(24,25)16-8-2-1-3-9-16/h1-3,8-9,14-15H,4-7,10-13H2,(H,19,22)(H,20,23)/t14-,15+/m1/s1. The van der Waals surface area contributed by atoms with Gasteiger partial charge in [-0.1, -0.05) is 18.2 Å². The normalized spacial score (nSPS) is 23.3. The Bertz CT molecular complexity index is 762. The van der Waals surface area contributed by atoms with Gasteiger partial charge in [0.1, 0.15) is 0 Å². The molecule has 2 atom stereocenters. The van der Waals surface area contributed by atoms with Crippen molar-refractivity contribution < 1.29 is 22.7 Å². The summed E-state index contributed by atoms with van der Waals surface area (Å²) in [7, 11) is -3.61. The first-order chi connectivity index (χ1) is 13.0. The molecule has 3 rings (SSSR count). The summed E-state index contributed by atoms with van der Waals surface area (Å²) in [5.41, 5.74) is 0. The van der Waals surface area contributed by atoms with E-state index in [4.69, 9.17) is 4.74 Å². The van der Waals surface area contributed by atoms with Gasteiger partial charge in [0.15, 0.2) is 0 Å². The molecule has 2 aliphatic heterocycles. The van der Waals surface area contributed by atoms with E-state index in [1.807, 2.05) is 0 Å². The first-order valence-electron chi connectivity index (χ1n) is 9.23. The van der Waals surface area contributed by atoms with Gasteiger partial charge in [-0.3, -0.25) is 9.59 Å². The van der Waals surface area contributed by atoms with Crippen molar-refractivity contribution in [2.75, 3.05) is 26.2 Å². The van der Waals surface area contributed by atoms with Crippen molar-refractivity contribution in [1.82, 2.24) is 14.9 Å². The summed E-state index contributed by atoms with van der Waals surface area (Å²) in [5, 5.41) is 5.11. The van der Waals surface area contributed by atoms with E-state index in [9.17, 15) is 18.0 Å². The number of hydrogen-bond acceptors (Lipinski definition) is 5. The first-order valence-corrected chi connectivity index (χ1v) is 10.7. The van der Waals surface area contributed by atoms with Crippen LogP contribution in [0.2, 0.25) is 0 Å². The first kappa shape index (κ1) is 19.8. The molecule has 0 aliphatic carbocycles. The zero-order valence-corrected chi connectivity index (χ0v) is 15.9. The summed E-state index contributed by atoms with van der Waals surface area (Å²) in [6.45, 7) is 1.51. The minimum Gasteiger partial charge on any atom is -0.376 e. The van der Waals surface area contributed by atoms with Gasteiger partial charge in [-0.15, -0.1) is 0 Å². The number of carbonyl (C=O) groups excluding carboxylic acids is 2. The molecule has 0 spiro atoms. The number of ether oxygens (including phenoxy) is 1. The van der Waals surface area contributed by atoms with Crippen LogP contribution in [0.5, 0.6) is 0 Å². The largest absolute Gasteiger partial charge is 0.376 e. The Hall–Kier alpha value is -1.97. The van der Waals surface area contributed by atoms with E-state index in [1.165, 1.54) is 4.31 Å². The van der Waals surface area contributed by atoms with Crippen molar-refractivity contribution in [2.24, 2.45) is 0 Å². The highest BCUT2D eigenvalue weighted by Crippen LogP contribution is 2.25. The van der Waals surface area contributed by atoms with E-state index in [0.717, 1.165) is 19.3 Å². The van der Waals surface area contributed by atoms with E-state index >= 15 is 0 Å². The highest BCUT2D eigenvalue weighted by molar-refractivity contribution is 7.89. The predicted octanol–water partition coefficient (Wildman–Crippen LogP) is 0.251. The summed E-state index contributed by atoms with van der Waals surface area (Å²) in [6.07, 6.45) is 3.15. The Morgan fingerprint density at radius 1 is 1.04 bits per heavy atom. The van der Waals surface area contributed by atoms with Gasteiger partial charge in [-0.25, -0.2) is 8.42 Å². The van der Waals surface area contributed by atoms with Crippen molar-refractivity contribution in [3.05, 3.63) is 30.3 Å². The van der Waals surface area contributed by atoms with E-state index in [1.54, 1.807) is 30.3 Å². The van der Waals surface area contributed by atoms with Crippen LogP contribution >= 0.6 is 0 Å². The average molecular weight is 395 g/mol. The summed E-state index contributed by atoms with van der Waals surface area (Å²) in [5.74, 6) is -1.47. The van der Waals surface area contributed by atoms with Crippen molar-refractivity contribution in [3.8, 4) is 0 Å². The molecule has 2 heterocycles. The molecule has 2 saturated heterocycles. The molecule has 2 N–H and O–H groups in total. The molecule has 8 nitrogen and oxygen atoms in total. The van der Waals surface area contributed by atoms with Crippen molar-refractivity contribution in [3.63, 3.8) is 0 Å². The molecule has 1 aromatic carbocycles. The smallest absolute Gasteiger partial charge is 0.309 e. The van der Waals surface area contributed by atoms with Crippen LogP contribution in [-0.2, 0) is 24.3 Å². The summed E-state index contributed by atoms with van der Waals surface area (Å²) in [6, 6.07) is 7.88. The second-order valence-electron chi connectivity index (χ2n) is 6.78. The number of carbonyl (C=O) groups is 2. The van der Waals surface area contributed by atoms with Gasteiger partial charge in [0, 0.05) is 32.3 Å². The zero-order chi connectivity index (χ0) is 19.3. The van der Waals surface area contributed by atoms with Crippen LogP contribution in [0, 0.1) is 0 Å². The zero-order valence-electron chi connectivity index (χ0n) is 15.1. The summed E-state index contributed by atoms with van der Waals surface area (Å²) >= 11 is 0. The second kappa shape index (κ2) is 8.81. The summed E-state index contributed by atoms with van der Waals surface area (Å²) < 4.78 is 32.4. The quantitative estimate of drug-likeness (QED) is 0.672. The molecule has 27 heavy (non-hydrogen) atoms. The summed E-state index contributed by atoms with van der Waals surface area (Å²) in [4.78, 5) is 24.1. The third-order valence-corrected chi connectivity index (χ3v) is 6.86. The molecular weight excluding hydrogens is 370 g/mol. The Balaban J connectivity index is 1.52. The number of hydrogen-bond donors (Lipinski definition) is 2. The highest BCUT2D eigenvalue weighted by atomic mass is 32.2. The van der Waals surface area contributed by atoms with Crippen molar-refractivity contribution >= 4 is 21.8 Å². The van der Waals surface area contributed by atoms with Crippen molar-refractivity contribution in [2.45, 2.75) is 42.7 Å². The van der Waals surface area contributed by atoms with Gasteiger partial charge >= 0.3 is 11.8 Å². The van der Waals surface area contributed by atoms with Gasteiger partial charge in [0.2, 0.25) is 10.0 Å². The lowest BCUT2D eigenvalue weighted by Gasteiger charge is -2.24. The van der Waals surface area contributed by atoms with Gasteiger partial charge in [0.05, 0.1) is 11.0 Å². The predicted molar refractivity (Wildman–Crippen MR) is 98.3 cm³/mol. The minimum absolute atomic E-state index is 0.0388. The molecular formula is C18H25N3O5S. The maximum Gasteiger partial charge on any atom is 0.309 e. The fraction of sp³-hybridized carbons (Fsp3) is 0.556. The average Bonchev–Trinajstić information content (AvgIpc) is 3.36. The number of amides is 2.